The van der Waals surface area contributed by atoms with E-state index in [-0.39, 0.29) is 29.2 Å². The third-order valence-corrected chi connectivity index (χ3v) is 4.94. The Kier molecular flexibility index (Phi) is 5.66. The summed E-state index contributed by atoms with van der Waals surface area (Å²) in [7, 11) is -2.95. The Morgan fingerprint density at radius 2 is 1.76 bits per heavy atom. The van der Waals surface area contributed by atoms with E-state index in [1.807, 2.05) is 13.8 Å². The summed E-state index contributed by atoms with van der Waals surface area (Å²) in [6, 6.07) is 4.55. The van der Waals surface area contributed by atoms with E-state index in [4.69, 9.17) is 0 Å². The molecule has 0 aliphatic carbocycles. The van der Waals surface area contributed by atoms with Gasteiger partial charge in [0.25, 0.3) is 5.91 Å². The molecule has 1 fully saturated rings. The Morgan fingerprint density at radius 1 is 1.19 bits per heavy atom. The smallest absolute Gasteiger partial charge is 0.251 e. The predicted molar refractivity (Wildman–Crippen MR) is 82.4 cm³/mol. The third kappa shape index (κ3) is 4.39. The van der Waals surface area contributed by atoms with Gasteiger partial charge in [-0.2, -0.15) is 0 Å². The SMILES string of the molecule is CC.CC(=O)c1ccc(C(=O)NC2CS(=O)(=O)C2)c(C)c1. The van der Waals surface area contributed by atoms with Crippen molar-refractivity contribution < 1.29 is 18.0 Å². The highest BCUT2D eigenvalue weighted by atomic mass is 32.2. The van der Waals surface area contributed by atoms with Crippen molar-refractivity contribution in [3.05, 3.63) is 34.9 Å². The van der Waals surface area contributed by atoms with E-state index in [1.165, 1.54) is 6.92 Å². The molecule has 1 heterocycles. The van der Waals surface area contributed by atoms with Crippen LogP contribution in [0.3, 0.4) is 0 Å². The molecule has 1 amide bonds. The molecule has 0 spiro atoms. The molecule has 1 aromatic carbocycles. The van der Waals surface area contributed by atoms with Crippen molar-refractivity contribution in [3.63, 3.8) is 0 Å². The molecule has 21 heavy (non-hydrogen) atoms. The van der Waals surface area contributed by atoms with Crippen molar-refractivity contribution >= 4 is 21.5 Å². The molecule has 0 bridgehead atoms. The molecule has 0 aromatic heterocycles. The van der Waals surface area contributed by atoms with E-state index in [0.29, 0.717) is 16.7 Å². The quantitative estimate of drug-likeness (QED) is 0.862. The number of hydrogen-bond acceptors (Lipinski definition) is 4. The van der Waals surface area contributed by atoms with Gasteiger partial charge in [0.05, 0.1) is 17.5 Å². The molecule has 1 saturated heterocycles. The minimum atomic E-state index is -2.95. The largest absolute Gasteiger partial charge is 0.347 e. The number of benzene rings is 1. The van der Waals surface area contributed by atoms with Gasteiger partial charge >= 0.3 is 0 Å². The normalized spacial score (nSPS) is 16.2. The monoisotopic (exact) mass is 311 g/mol. The maximum atomic E-state index is 12.0. The molecule has 5 nitrogen and oxygen atoms in total. The lowest BCUT2D eigenvalue weighted by molar-refractivity contribution is 0.0939. The molecule has 116 valence electrons. The van der Waals surface area contributed by atoms with E-state index in [2.05, 4.69) is 5.32 Å². The average molecular weight is 311 g/mol. The molecule has 0 radical (unpaired) electrons. The van der Waals surface area contributed by atoms with Crippen LogP contribution in [0.5, 0.6) is 0 Å². The van der Waals surface area contributed by atoms with Gasteiger partial charge in [-0.25, -0.2) is 8.42 Å². The maximum Gasteiger partial charge on any atom is 0.251 e. The Hall–Kier alpha value is -1.69. The zero-order valence-electron chi connectivity index (χ0n) is 12.8. The number of hydrogen-bond donors (Lipinski definition) is 1. The first kappa shape index (κ1) is 17.4. The molecule has 0 unspecified atom stereocenters. The summed E-state index contributed by atoms with van der Waals surface area (Å²) in [6.45, 7) is 7.21. The van der Waals surface area contributed by atoms with E-state index in [1.54, 1.807) is 25.1 Å². The molecular formula is C15H21NO4S. The van der Waals surface area contributed by atoms with E-state index >= 15 is 0 Å². The number of carbonyl (C=O) groups excluding carboxylic acids is 2. The van der Waals surface area contributed by atoms with Gasteiger partial charge in [0, 0.05) is 11.1 Å². The van der Waals surface area contributed by atoms with Crippen molar-refractivity contribution in [2.45, 2.75) is 33.7 Å². The standard InChI is InChI=1S/C13H15NO4S.C2H6/c1-8-5-10(9(2)15)3-4-12(8)13(16)14-11-6-19(17,18)7-11;1-2/h3-5,11H,6-7H2,1-2H3,(H,14,16);1-2H3. The highest BCUT2D eigenvalue weighted by molar-refractivity contribution is 7.92. The number of rotatable bonds is 3. The van der Waals surface area contributed by atoms with Crippen LogP contribution in [0.4, 0.5) is 0 Å². The summed E-state index contributed by atoms with van der Waals surface area (Å²) in [5.74, 6) is -0.347. The summed E-state index contributed by atoms with van der Waals surface area (Å²) < 4.78 is 22.0. The number of ketones is 1. The fraction of sp³-hybridized carbons (Fsp3) is 0.467. The topological polar surface area (TPSA) is 80.3 Å². The number of sulfone groups is 1. The Morgan fingerprint density at radius 3 is 2.19 bits per heavy atom. The van der Waals surface area contributed by atoms with Crippen LogP contribution in [-0.2, 0) is 9.84 Å². The summed E-state index contributed by atoms with van der Waals surface area (Å²) >= 11 is 0. The summed E-state index contributed by atoms with van der Waals surface area (Å²) in [5.41, 5.74) is 1.72. The molecule has 0 atom stereocenters. The molecule has 1 aliphatic rings. The first-order chi connectivity index (χ1) is 9.78. The first-order valence-electron chi connectivity index (χ1n) is 6.91. The minimum Gasteiger partial charge on any atom is -0.347 e. The zero-order valence-corrected chi connectivity index (χ0v) is 13.6. The molecule has 2 rings (SSSR count). The third-order valence-electron chi connectivity index (χ3n) is 3.12. The second-order valence-corrected chi connectivity index (χ2v) is 6.99. The van der Waals surface area contributed by atoms with Gasteiger partial charge in [-0.15, -0.1) is 0 Å². The number of carbonyl (C=O) groups is 2. The molecular weight excluding hydrogens is 290 g/mol. The van der Waals surface area contributed by atoms with Gasteiger partial charge in [0.1, 0.15) is 0 Å². The maximum absolute atomic E-state index is 12.0. The van der Waals surface area contributed by atoms with Crippen LogP contribution in [0.2, 0.25) is 0 Å². The lowest BCUT2D eigenvalue weighted by Crippen LogP contribution is -2.53. The van der Waals surface area contributed by atoms with Crippen molar-refractivity contribution in [2.24, 2.45) is 0 Å². The zero-order chi connectivity index (χ0) is 16.2. The Labute approximate surface area is 125 Å². The van der Waals surface area contributed by atoms with Gasteiger partial charge in [0.15, 0.2) is 15.6 Å². The minimum absolute atomic E-state index is 0.00329. The van der Waals surface area contributed by atoms with Gasteiger partial charge in [0.2, 0.25) is 0 Å². The fourth-order valence-corrected chi connectivity index (χ4v) is 3.34. The van der Waals surface area contributed by atoms with Crippen LogP contribution in [0.15, 0.2) is 18.2 Å². The highest BCUT2D eigenvalue weighted by Gasteiger charge is 2.34. The van der Waals surface area contributed by atoms with Crippen LogP contribution in [0.1, 0.15) is 47.1 Å². The van der Waals surface area contributed by atoms with Crippen LogP contribution in [0.25, 0.3) is 0 Å². The summed E-state index contributed by atoms with van der Waals surface area (Å²) in [6.07, 6.45) is 0. The molecule has 6 heteroatoms. The average Bonchev–Trinajstić information content (AvgIpc) is 2.38. The number of aryl methyl sites for hydroxylation is 1. The van der Waals surface area contributed by atoms with Gasteiger partial charge < -0.3 is 5.32 Å². The second kappa shape index (κ2) is 6.85. The Bertz CT molecular complexity index is 638. The van der Waals surface area contributed by atoms with Gasteiger partial charge in [-0.3, -0.25) is 9.59 Å². The van der Waals surface area contributed by atoms with Crippen LogP contribution in [0, 0.1) is 6.92 Å². The Balaban J connectivity index is 0.00000106. The molecule has 1 aliphatic heterocycles. The lowest BCUT2D eigenvalue weighted by Gasteiger charge is -2.26. The lowest BCUT2D eigenvalue weighted by atomic mass is 10.0. The molecule has 0 saturated carbocycles. The van der Waals surface area contributed by atoms with Crippen LogP contribution >= 0.6 is 0 Å². The van der Waals surface area contributed by atoms with Crippen molar-refractivity contribution in [1.29, 1.82) is 0 Å². The van der Waals surface area contributed by atoms with Crippen molar-refractivity contribution in [1.82, 2.24) is 5.32 Å². The second-order valence-electron chi connectivity index (χ2n) is 4.83. The van der Waals surface area contributed by atoms with Crippen molar-refractivity contribution in [3.8, 4) is 0 Å². The summed E-state index contributed by atoms with van der Waals surface area (Å²) in [4.78, 5) is 23.2. The number of Topliss-reactive ketones (excluding diaryl/α,β-unsaturated/α-hetero) is 1. The number of nitrogens with one attached hydrogen (secondary N) is 1. The van der Waals surface area contributed by atoms with E-state index < -0.39 is 9.84 Å². The van der Waals surface area contributed by atoms with Gasteiger partial charge in [-0.1, -0.05) is 19.9 Å². The van der Waals surface area contributed by atoms with Crippen LogP contribution < -0.4 is 5.32 Å². The first-order valence-corrected chi connectivity index (χ1v) is 8.73. The summed E-state index contributed by atoms with van der Waals surface area (Å²) in [5, 5.41) is 2.67. The van der Waals surface area contributed by atoms with Gasteiger partial charge in [-0.05, 0) is 31.5 Å². The van der Waals surface area contributed by atoms with Crippen molar-refractivity contribution in [2.75, 3.05) is 11.5 Å². The molecule has 1 aromatic rings. The predicted octanol–water partition coefficient (Wildman–Crippen LogP) is 1.75. The van der Waals surface area contributed by atoms with E-state index in [0.717, 1.165) is 0 Å². The molecule has 1 N–H and O–H groups in total. The fourth-order valence-electron chi connectivity index (χ4n) is 2.05. The van der Waals surface area contributed by atoms with Crippen LogP contribution in [-0.4, -0.2) is 37.7 Å². The highest BCUT2D eigenvalue weighted by Crippen LogP contribution is 2.14. The van der Waals surface area contributed by atoms with E-state index in [9.17, 15) is 18.0 Å². The number of amides is 1.